The zero-order chi connectivity index (χ0) is 15.8. The molecular weight excluding hydrogens is 294 g/mol. The molecule has 0 spiro atoms. The molecular formula is C17H17N3O3. The highest BCUT2D eigenvalue weighted by molar-refractivity contribution is 5.93. The van der Waals surface area contributed by atoms with Crippen LogP contribution in [0, 0.1) is 0 Å². The Morgan fingerprint density at radius 3 is 2.83 bits per heavy atom. The van der Waals surface area contributed by atoms with E-state index < -0.39 is 0 Å². The topological polar surface area (TPSA) is 66.7 Å². The van der Waals surface area contributed by atoms with E-state index in [4.69, 9.17) is 4.42 Å². The van der Waals surface area contributed by atoms with Gasteiger partial charge in [0.25, 0.3) is 5.91 Å². The van der Waals surface area contributed by atoms with Crippen LogP contribution in [0.3, 0.4) is 0 Å². The smallest absolute Gasteiger partial charge is 0.289 e. The molecule has 2 saturated heterocycles. The molecule has 2 aliphatic rings. The van der Waals surface area contributed by atoms with Crippen molar-refractivity contribution in [3.8, 4) is 0 Å². The highest BCUT2D eigenvalue weighted by atomic mass is 16.3. The van der Waals surface area contributed by atoms with Crippen molar-refractivity contribution in [1.82, 2.24) is 14.8 Å². The van der Waals surface area contributed by atoms with E-state index >= 15 is 0 Å². The normalized spacial score (nSPS) is 23.4. The monoisotopic (exact) mass is 311 g/mol. The molecule has 0 aliphatic carbocycles. The number of hydrogen-bond donors (Lipinski definition) is 0. The molecule has 2 aromatic heterocycles. The quantitative estimate of drug-likeness (QED) is 0.865. The third-order valence-corrected chi connectivity index (χ3v) is 4.71. The van der Waals surface area contributed by atoms with Crippen molar-refractivity contribution < 1.29 is 14.0 Å². The standard InChI is InChI=1S/C17H17N3O3/c21-16-10-14-13(20(16)11-12-3-6-18-7-4-12)5-8-19(14)17(22)15-2-1-9-23-15/h1-4,6-7,9,13-14H,5,8,10-11H2. The van der Waals surface area contributed by atoms with E-state index in [-0.39, 0.29) is 23.9 Å². The van der Waals surface area contributed by atoms with Gasteiger partial charge < -0.3 is 14.2 Å². The van der Waals surface area contributed by atoms with Crippen molar-refractivity contribution >= 4 is 11.8 Å². The number of fused-ring (bicyclic) bond motifs is 1. The predicted octanol–water partition coefficient (Wildman–Crippen LogP) is 1.69. The number of hydrogen-bond acceptors (Lipinski definition) is 4. The minimum absolute atomic E-state index is 0.0538. The largest absolute Gasteiger partial charge is 0.459 e. The molecule has 23 heavy (non-hydrogen) atoms. The first-order chi connectivity index (χ1) is 11.2. The molecule has 4 heterocycles. The maximum atomic E-state index is 12.5. The summed E-state index contributed by atoms with van der Waals surface area (Å²) in [5.41, 5.74) is 1.06. The number of likely N-dealkylation sites (tertiary alicyclic amines) is 2. The van der Waals surface area contributed by atoms with Crippen molar-refractivity contribution in [2.75, 3.05) is 6.54 Å². The van der Waals surface area contributed by atoms with Crippen molar-refractivity contribution in [3.63, 3.8) is 0 Å². The van der Waals surface area contributed by atoms with Crippen molar-refractivity contribution in [2.45, 2.75) is 31.5 Å². The Morgan fingerprint density at radius 2 is 2.09 bits per heavy atom. The first-order valence-corrected chi connectivity index (χ1v) is 7.77. The molecule has 0 radical (unpaired) electrons. The molecule has 4 rings (SSSR count). The molecule has 2 unspecified atom stereocenters. The van der Waals surface area contributed by atoms with Gasteiger partial charge in [-0.1, -0.05) is 0 Å². The fourth-order valence-electron chi connectivity index (χ4n) is 3.61. The third-order valence-electron chi connectivity index (χ3n) is 4.71. The van der Waals surface area contributed by atoms with E-state index in [0.29, 0.717) is 25.3 Å². The highest BCUT2D eigenvalue weighted by Gasteiger charge is 2.48. The summed E-state index contributed by atoms with van der Waals surface area (Å²) >= 11 is 0. The Morgan fingerprint density at radius 1 is 1.26 bits per heavy atom. The Balaban J connectivity index is 1.52. The summed E-state index contributed by atoms with van der Waals surface area (Å²) < 4.78 is 5.21. The summed E-state index contributed by atoms with van der Waals surface area (Å²) in [4.78, 5) is 32.6. The average molecular weight is 311 g/mol. The Labute approximate surface area is 133 Å². The number of carbonyl (C=O) groups excluding carboxylic acids is 2. The van der Waals surface area contributed by atoms with Gasteiger partial charge in [0, 0.05) is 31.9 Å². The van der Waals surface area contributed by atoms with Crippen LogP contribution < -0.4 is 0 Å². The zero-order valence-electron chi connectivity index (χ0n) is 12.6. The summed E-state index contributed by atoms with van der Waals surface area (Å²) in [7, 11) is 0. The minimum atomic E-state index is -0.124. The SMILES string of the molecule is O=C1CC2C(CCN2C(=O)c2ccco2)N1Cc1ccncc1. The maximum Gasteiger partial charge on any atom is 0.289 e. The summed E-state index contributed by atoms with van der Waals surface area (Å²) in [5, 5.41) is 0. The molecule has 2 amide bonds. The lowest BCUT2D eigenvalue weighted by Gasteiger charge is -2.25. The van der Waals surface area contributed by atoms with E-state index in [1.807, 2.05) is 17.0 Å². The molecule has 0 N–H and O–H groups in total. The summed E-state index contributed by atoms with van der Waals surface area (Å²) in [6.45, 7) is 1.24. The van der Waals surface area contributed by atoms with Crippen LogP contribution in [-0.2, 0) is 11.3 Å². The lowest BCUT2D eigenvalue weighted by atomic mass is 10.1. The fraction of sp³-hybridized carbons (Fsp3) is 0.353. The molecule has 0 aromatic carbocycles. The van der Waals surface area contributed by atoms with Gasteiger partial charge in [-0.2, -0.15) is 0 Å². The highest BCUT2D eigenvalue weighted by Crippen LogP contribution is 2.34. The lowest BCUT2D eigenvalue weighted by molar-refractivity contribution is -0.129. The predicted molar refractivity (Wildman–Crippen MR) is 81.3 cm³/mol. The molecule has 0 bridgehead atoms. The van der Waals surface area contributed by atoms with Crippen LogP contribution in [0.25, 0.3) is 0 Å². The van der Waals surface area contributed by atoms with E-state index in [1.165, 1.54) is 6.26 Å². The van der Waals surface area contributed by atoms with Gasteiger partial charge in [-0.05, 0) is 36.2 Å². The van der Waals surface area contributed by atoms with Crippen molar-refractivity contribution in [1.29, 1.82) is 0 Å². The van der Waals surface area contributed by atoms with Gasteiger partial charge >= 0.3 is 0 Å². The van der Waals surface area contributed by atoms with E-state index in [2.05, 4.69) is 4.98 Å². The minimum Gasteiger partial charge on any atom is -0.459 e. The molecule has 2 fully saturated rings. The van der Waals surface area contributed by atoms with Crippen LogP contribution >= 0.6 is 0 Å². The van der Waals surface area contributed by atoms with Crippen LogP contribution in [0.5, 0.6) is 0 Å². The first kappa shape index (κ1) is 14.0. The van der Waals surface area contributed by atoms with E-state index in [0.717, 1.165) is 12.0 Å². The number of amides is 2. The number of nitrogens with zero attached hydrogens (tertiary/aromatic N) is 3. The second-order valence-corrected chi connectivity index (χ2v) is 5.98. The summed E-state index contributed by atoms with van der Waals surface area (Å²) in [6.07, 6.45) is 6.16. The van der Waals surface area contributed by atoms with Gasteiger partial charge in [0.15, 0.2) is 5.76 Å². The lowest BCUT2D eigenvalue weighted by Crippen LogP contribution is -2.39. The number of pyridine rings is 1. The molecule has 6 nitrogen and oxygen atoms in total. The molecule has 2 atom stereocenters. The second-order valence-electron chi connectivity index (χ2n) is 5.98. The number of aromatic nitrogens is 1. The van der Waals surface area contributed by atoms with Crippen LogP contribution in [-0.4, -0.2) is 45.2 Å². The summed E-state index contributed by atoms with van der Waals surface area (Å²) in [6, 6.07) is 7.25. The maximum absolute atomic E-state index is 12.5. The number of furan rings is 1. The third kappa shape index (κ3) is 2.40. The van der Waals surface area contributed by atoms with Gasteiger partial charge in [0.1, 0.15) is 0 Å². The molecule has 118 valence electrons. The zero-order valence-corrected chi connectivity index (χ0v) is 12.6. The molecule has 2 aromatic rings. The van der Waals surface area contributed by atoms with Gasteiger partial charge in [-0.25, -0.2) is 0 Å². The van der Waals surface area contributed by atoms with Gasteiger partial charge in [0.2, 0.25) is 5.91 Å². The van der Waals surface area contributed by atoms with E-state index in [9.17, 15) is 9.59 Å². The average Bonchev–Trinajstić information content (AvgIpc) is 3.27. The fourth-order valence-corrected chi connectivity index (χ4v) is 3.61. The van der Waals surface area contributed by atoms with Crippen molar-refractivity contribution in [2.24, 2.45) is 0 Å². The Bertz CT molecular complexity index is 714. The molecule has 0 saturated carbocycles. The number of carbonyl (C=O) groups is 2. The number of rotatable bonds is 3. The summed E-state index contributed by atoms with van der Waals surface area (Å²) in [5.74, 6) is 0.320. The Kier molecular flexibility index (Phi) is 3.37. The van der Waals surface area contributed by atoms with Gasteiger partial charge in [-0.3, -0.25) is 14.6 Å². The second kappa shape index (κ2) is 5.53. The van der Waals surface area contributed by atoms with Crippen molar-refractivity contribution in [3.05, 3.63) is 54.2 Å². The van der Waals surface area contributed by atoms with Crippen LogP contribution in [0.2, 0.25) is 0 Å². The molecule has 6 heteroatoms. The van der Waals surface area contributed by atoms with Crippen LogP contribution in [0.15, 0.2) is 47.3 Å². The van der Waals surface area contributed by atoms with Gasteiger partial charge in [-0.15, -0.1) is 0 Å². The van der Waals surface area contributed by atoms with E-state index in [1.54, 1.807) is 29.4 Å². The first-order valence-electron chi connectivity index (χ1n) is 7.77. The van der Waals surface area contributed by atoms with Crippen LogP contribution in [0.4, 0.5) is 0 Å². The molecule has 2 aliphatic heterocycles. The van der Waals surface area contributed by atoms with Gasteiger partial charge in [0.05, 0.1) is 18.3 Å². The van der Waals surface area contributed by atoms with Crippen LogP contribution in [0.1, 0.15) is 29.0 Å². The Hall–Kier alpha value is -2.63.